The van der Waals surface area contributed by atoms with Crippen LogP contribution in [0.4, 0.5) is 5.69 Å². The van der Waals surface area contributed by atoms with Crippen LogP contribution in [0.15, 0.2) is 65.5 Å². The summed E-state index contributed by atoms with van der Waals surface area (Å²) in [6.45, 7) is 0. The number of para-hydroxylation sites is 1. The molecule has 0 unspecified atom stereocenters. The van der Waals surface area contributed by atoms with Crippen molar-refractivity contribution in [1.29, 1.82) is 0 Å². The van der Waals surface area contributed by atoms with Gasteiger partial charge in [0.1, 0.15) is 5.70 Å². The molecule has 0 saturated carbocycles. The lowest BCUT2D eigenvalue weighted by Crippen LogP contribution is -2.29. The van der Waals surface area contributed by atoms with Gasteiger partial charge in [-0.3, -0.25) is 10.1 Å². The molecule has 0 spiro atoms. The fraction of sp³-hybridized carbons (Fsp3) is 0.0556. The Labute approximate surface area is 138 Å². The predicted molar refractivity (Wildman–Crippen MR) is 94.3 cm³/mol. The van der Waals surface area contributed by atoms with Gasteiger partial charge < -0.3 is 9.88 Å². The van der Waals surface area contributed by atoms with Gasteiger partial charge in [0.2, 0.25) is 5.96 Å². The Morgan fingerprint density at radius 1 is 1.17 bits per heavy atom. The number of hydrogen-bond donors (Lipinski definition) is 2. The average Bonchev–Trinajstić information content (AvgIpc) is 3.12. The minimum atomic E-state index is -0.224. The van der Waals surface area contributed by atoms with Gasteiger partial charge in [-0.05, 0) is 35.9 Å². The minimum absolute atomic E-state index is 0.224. The minimum Gasteiger partial charge on any atom is -0.334 e. The van der Waals surface area contributed by atoms with Crippen molar-refractivity contribution in [2.75, 3.05) is 5.32 Å². The number of nitrogens with one attached hydrogen (secondary N) is 2. The molecule has 6 nitrogen and oxygen atoms in total. The second kappa shape index (κ2) is 5.66. The number of carbonyl (C=O) groups excluding carboxylic acids is 1. The maximum atomic E-state index is 12.1. The molecule has 2 aromatic carbocycles. The normalized spacial score (nSPS) is 15.6. The maximum Gasteiger partial charge on any atom is 0.276 e. The molecule has 6 heteroatoms. The molecule has 0 bridgehead atoms. The molecule has 1 aromatic heterocycles. The highest BCUT2D eigenvalue weighted by Gasteiger charge is 2.20. The molecule has 2 N–H and O–H groups in total. The molecule has 3 aromatic rings. The summed E-state index contributed by atoms with van der Waals surface area (Å²) in [6.07, 6.45) is 3.53. The molecule has 4 rings (SSSR count). The number of benzene rings is 2. The van der Waals surface area contributed by atoms with Gasteiger partial charge in [-0.2, -0.15) is 0 Å². The number of carbonyl (C=O) groups is 1. The number of rotatable bonds is 2. The largest absolute Gasteiger partial charge is 0.334 e. The highest BCUT2D eigenvalue weighted by molar-refractivity contribution is 6.17. The Balaban J connectivity index is 1.63. The van der Waals surface area contributed by atoms with Crippen LogP contribution in [0, 0.1) is 0 Å². The van der Waals surface area contributed by atoms with Gasteiger partial charge in [0.15, 0.2) is 0 Å². The smallest absolute Gasteiger partial charge is 0.276 e. The number of aryl methyl sites for hydroxylation is 1. The summed E-state index contributed by atoms with van der Waals surface area (Å²) in [6, 6.07) is 15.4. The third-order valence-electron chi connectivity index (χ3n) is 3.79. The zero-order chi connectivity index (χ0) is 16.5. The third kappa shape index (κ3) is 2.65. The lowest BCUT2D eigenvalue weighted by atomic mass is 10.1. The standard InChI is InChI=1S/C18H15N5O/c1-23-11-19-14-8-7-12(10-16(14)23)9-15-17(24)22-18(21-15)20-13-5-3-2-4-6-13/h2-11H,1H3,(H2,20,21,22,24)/b15-9-. The Hall–Kier alpha value is -3.41. The van der Waals surface area contributed by atoms with Crippen LogP contribution in [0.3, 0.4) is 0 Å². The lowest BCUT2D eigenvalue weighted by Gasteiger charge is -2.03. The first kappa shape index (κ1) is 14.2. The molecule has 1 aliphatic heterocycles. The predicted octanol–water partition coefficient (Wildman–Crippen LogP) is 2.51. The van der Waals surface area contributed by atoms with Gasteiger partial charge in [-0.1, -0.05) is 24.3 Å². The zero-order valence-corrected chi connectivity index (χ0v) is 13.0. The zero-order valence-electron chi connectivity index (χ0n) is 13.0. The van der Waals surface area contributed by atoms with E-state index in [4.69, 9.17) is 0 Å². The summed E-state index contributed by atoms with van der Waals surface area (Å²) in [5, 5.41) is 5.82. The molecule has 1 amide bonds. The number of imidazole rings is 1. The van der Waals surface area contributed by atoms with Gasteiger partial charge in [-0.15, -0.1) is 0 Å². The van der Waals surface area contributed by atoms with E-state index in [-0.39, 0.29) is 5.91 Å². The van der Waals surface area contributed by atoms with Gasteiger partial charge in [0, 0.05) is 12.7 Å². The van der Waals surface area contributed by atoms with E-state index in [1.54, 1.807) is 12.4 Å². The number of anilines is 1. The van der Waals surface area contributed by atoms with E-state index >= 15 is 0 Å². The summed E-state index contributed by atoms with van der Waals surface area (Å²) < 4.78 is 1.94. The molecule has 0 aliphatic carbocycles. The van der Waals surface area contributed by atoms with Crippen LogP contribution in [-0.2, 0) is 11.8 Å². The molecular weight excluding hydrogens is 302 g/mol. The van der Waals surface area contributed by atoms with E-state index in [0.29, 0.717) is 11.7 Å². The number of aliphatic imine (C=N–C) groups is 1. The summed E-state index contributed by atoms with van der Waals surface area (Å²) >= 11 is 0. The van der Waals surface area contributed by atoms with Crippen molar-refractivity contribution in [3.63, 3.8) is 0 Å². The second-order valence-electron chi connectivity index (χ2n) is 5.54. The summed E-state index contributed by atoms with van der Waals surface area (Å²) in [5.74, 6) is 0.206. The van der Waals surface area contributed by atoms with Crippen molar-refractivity contribution in [3.05, 3.63) is 66.1 Å². The van der Waals surface area contributed by atoms with Crippen molar-refractivity contribution in [2.45, 2.75) is 0 Å². The van der Waals surface area contributed by atoms with E-state index in [1.807, 2.05) is 60.1 Å². The Bertz CT molecular complexity index is 985. The fourth-order valence-corrected chi connectivity index (χ4v) is 2.58. The van der Waals surface area contributed by atoms with Crippen molar-refractivity contribution >= 4 is 34.7 Å². The van der Waals surface area contributed by atoms with E-state index in [1.165, 1.54) is 0 Å². The van der Waals surface area contributed by atoms with E-state index in [0.717, 1.165) is 22.3 Å². The van der Waals surface area contributed by atoms with Crippen LogP contribution in [0.1, 0.15) is 5.56 Å². The van der Waals surface area contributed by atoms with Crippen molar-refractivity contribution in [1.82, 2.24) is 14.9 Å². The van der Waals surface area contributed by atoms with Gasteiger partial charge in [-0.25, -0.2) is 9.98 Å². The topological polar surface area (TPSA) is 71.3 Å². The summed E-state index contributed by atoms with van der Waals surface area (Å²) in [5.41, 5.74) is 4.07. The van der Waals surface area contributed by atoms with E-state index in [2.05, 4.69) is 20.6 Å². The Morgan fingerprint density at radius 3 is 2.83 bits per heavy atom. The number of fused-ring (bicyclic) bond motifs is 1. The molecule has 0 atom stereocenters. The summed E-state index contributed by atoms with van der Waals surface area (Å²) in [4.78, 5) is 20.7. The first-order chi connectivity index (χ1) is 11.7. The molecule has 0 fully saturated rings. The van der Waals surface area contributed by atoms with Crippen molar-refractivity contribution in [2.24, 2.45) is 12.0 Å². The van der Waals surface area contributed by atoms with E-state index < -0.39 is 0 Å². The lowest BCUT2D eigenvalue weighted by molar-refractivity contribution is -0.115. The van der Waals surface area contributed by atoms with E-state index in [9.17, 15) is 4.79 Å². The molecule has 0 saturated heterocycles. The van der Waals surface area contributed by atoms with Gasteiger partial charge in [0.05, 0.1) is 17.4 Å². The maximum absolute atomic E-state index is 12.1. The fourth-order valence-electron chi connectivity index (χ4n) is 2.58. The van der Waals surface area contributed by atoms with Crippen LogP contribution in [0.2, 0.25) is 0 Å². The van der Waals surface area contributed by atoms with Crippen LogP contribution in [0.5, 0.6) is 0 Å². The van der Waals surface area contributed by atoms with Crippen LogP contribution >= 0.6 is 0 Å². The first-order valence-electron chi connectivity index (χ1n) is 7.54. The quantitative estimate of drug-likeness (QED) is 0.713. The third-order valence-corrected chi connectivity index (χ3v) is 3.79. The van der Waals surface area contributed by atoms with Crippen molar-refractivity contribution in [3.8, 4) is 0 Å². The molecule has 1 aliphatic rings. The number of guanidine groups is 1. The molecule has 24 heavy (non-hydrogen) atoms. The number of amides is 1. The number of nitrogens with zero attached hydrogens (tertiary/aromatic N) is 3. The Kier molecular flexibility index (Phi) is 3.35. The Morgan fingerprint density at radius 2 is 2.00 bits per heavy atom. The van der Waals surface area contributed by atoms with Crippen LogP contribution < -0.4 is 10.6 Å². The highest BCUT2D eigenvalue weighted by Crippen LogP contribution is 2.18. The number of aromatic nitrogens is 2. The number of hydrogen-bond acceptors (Lipinski definition) is 4. The molecule has 2 heterocycles. The van der Waals surface area contributed by atoms with Crippen LogP contribution in [0.25, 0.3) is 17.1 Å². The van der Waals surface area contributed by atoms with Crippen LogP contribution in [-0.4, -0.2) is 21.4 Å². The van der Waals surface area contributed by atoms with Crippen molar-refractivity contribution < 1.29 is 4.79 Å². The average molecular weight is 317 g/mol. The molecular formula is C18H15N5O. The molecule has 118 valence electrons. The monoisotopic (exact) mass is 317 g/mol. The molecule has 0 radical (unpaired) electrons. The summed E-state index contributed by atoms with van der Waals surface area (Å²) in [7, 11) is 1.94. The van der Waals surface area contributed by atoms with Gasteiger partial charge >= 0.3 is 0 Å². The second-order valence-corrected chi connectivity index (χ2v) is 5.54. The van der Waals surface area contributed by atoms with Gasteiger partial charge in [0.25, 0.3) is 5.91 Å². The highest BCUT2D eigenvalue weighted by atomic mass is 16.2. The first-order valence-corrected chi connectivity index (χ1v) is 7.54. The SMILES string of the molecule is Cn1cnc2ccc(/C=C3\N=C(Nc4ccccc4)NC3=O)cc21.